The fourth-order valence-corrected chi connectivity index (χ4v) is 2.23. The van der Waals surface area contributed by atoms with Crippen LogP contribution in [-0.2, 0) is 11.2 Å². The first-order valence-electron chi connectivity index (χ1n) is 6.31. The van der Waals surface area contributed by atoms with E-state index >= 15 is 0 Å². The first kappa shape index (κ1) is 12.9. The maximum atomic E-state index is 13.5. The summed E-state index contributed by atoms with van der Waals surface area (Å²) in [6.45, 7) is 3.68. The number of nitrogens with zero attached hydrogens (tertiary/aromatic N) is 1. The van der Waals surface area contributed by atoms with Crippen LogP contribution in [0.15, 0.2) is 18.2 Å². The Morgan fingerprint density at radius 3 is 2.78 bits per heavy atom. The van der Waals surface area contributed by atoms with E-state index in [1.54, 1.807) is 4.90 Å². The Labute approximate surface area is 106 Å². The molecule has 1 aromatic carbocycles. The van der Waals surface area contributed by atoms with Crippen molar-refractivity contribution >= 4 is 5.91 Å². The van der Waals surface area contributed by atoms with Crippen molar-refractivity contribution in [3.63, 3.8) is 0 Å². The summed E-state index contributed by atoms with van der Waals surface area (Å²) in [6.07, 6.45) is 2.04. The lowest BCUT2D eigenvalue weighted by atomic mass is 9.98. The van der Waals surface area contributed by atoms with Crippen LogP contribution in [0.2, 0.25) is 0 Å². The van der Waals surface area contributed by atoms with Crippen LogP contribution in [0.1, 0.15) is 25.3 Å². The number of phenols is 1. The average Bonchev–Trinajstić information content (AvgIpc) is 2.34. The number of aromatic hydroxyl groups is 1. The molecule has 3 nitrogen and oxygen atoms in total. The third-order valence-electron chi connectivity index (χ3n) is 3.51. The topological polar surface area (TPSA) is 40.5 Å². The van der Waals surface area contributed by atoms with Gasteiger partial charge < -0.3 is 10.0 Å². The number of phenolic OH excluding ortho intramolecular Hbond substituents is 1. The molecule has 0 unspecified atom stereocenters. The highest BCUT2D eigenvalue weighted by Crippen LogP contribution is 2.19. The predicted molar refractivity (Wildman–Crippen MR) is 66.7 cm³/mol. The van der Waals surface area contributed by atoms with E-state index in [0.29, 0.717) is 5.92 Å². The Hall–Kier alpha value is -1.58. The van der Waals surface area contributed by atoms with Gasteiger partial charge in [-0.2, -0.15) is 0 Å². The number of halogens is 1. The average molecular weight is 251 g/mol. The van der Waals surface area contributed by atoms with Crippen molar-refractivity contribution in [1.82, 2.24) is 4.90 Å². The Balaban J connectivity index is 2.00. The van der Waals surface area contributed by atoms with Gasteiger partial charge >= 0.3 is 0 Å². The normalized spacial score (nSPS) is 16.9. The monoisotopic (exact) mass is 251 g/mol. The van der Waals surface area contributed by atoms with Crippen molar-refractivity contribution in [2.24, 2.45) is 5.92 Å². The van der Waals surface area contributed by atoms with Crippen LogP contribution in [0.5, 0.6) is 5.75 Å². The maximum Gasteiger partial charge on any atom is 0.227 e. The molecule has 1 aliphatic heterocycles. The minimum Gasteiger partial charge on any atom is -0.508 e. The van der Waals surface area contributed by atoms with Crippen LogP contribution in [0, 0.1) is 11.7 Å². The van der Waals surface area contributed by atoms with Gasteiger partial charge in [0.05, 0.1) is 6.42 Å². The minimum absolute atomic E-state index is 0.00790. The van der Waals surface area contributed by atoms with Gasteiger partial charge in [0.15, 0.2) is 0 Å². The third-order valence-corrected chi connectivity index (χ3v) is 3.51. The lowest BCUT2D eigenvalue weighted by Crippen LogP contribution is -2.38. The number of carbonyl (C=O) groups excluding carboxylic acids is 1. The molecule has 1 heterocycles. The van der Waals surface area contributed by atoms with E-state index in [9.17, 15) is 14.3 Å². The Bertz CT molecular complexity index is 439. The standard InChI is InChI=1S/C14H18FNO2/c1-10-4-6-16(7-5-10)14(18)9-11-8-12(17)2-3-13(11)15/h2-3,8,10,17H,4-7,9H2,1H3. The van der Waals surface area contributed by atoms with Crippen molar-refractivity contribution in [3.8, 4) is 5.75 Å². The number of hydrogen-bond donors (Lipinski definition) is 1. The van der Waals surface area contributed by atoms with Gasteiger partial charge in [-0.3, -0.25) is 4.79 Å². The molecule has 1 N–H and O–H groups in total. The number of hydrogen-bond acceptors (Lipinski definition) is 2. The zero-order valence-corrected chi connectivity index (χ0v) is 10.5. The number of rotatable bonds is 2. The molecule has 0 aliphatic carbocycles. The molecule has 1 fully saturated rings. The van der Waals surface area contributed by atoms with E-state index in [2.05, 4.69) is 6.92 Å². The third kappa shape index (κ3) is 3.00. The lowest BCUT2D eigenvalue weighted by Gasteiger charge is -2.30. The molecule has 0 spiro atoms. The Morgan fingerprint density at radius 1 is 1.44 bits per heavy atom. The van der Waals surface area contributed by atoms with Crippen LogP contribution in [-0.4, -0.2) is 29.0 Å². The van der Waals surface area contributed by atoms with E-state index in [0.717, 1.165) is 25.9 Å². The molecule has 1 aliphatic rings. The van der Waals surface area contributed by atoms with Crippen LogP contribution >= 0.6 is 0 Å². The molecular weight excluding hydrogens is 233 g/mol. The number of piperidine rings is 1. The zero-order chi connectivity index (χ0) is 13.1. The van der Waals surface area contributed by atoms with E-state index < -0.39 is 5.82 Å². The number of benzene rings is 1. The van der Waals surface area contributed by atoms with Gasteiger partial charge in [-0.15, -0.1) is 0 Å². The molecule has 0 radical (unpaired) electrons. The summed E-state index contributed by atoms with van der Waals surface area (Å²) in [5.74, 6) is 0.149. The van der Waals surface area contributed by atoms with Crippen molar-refractivity contribution in [2.45, 2.75) is 26.2 Å². The first-order chi connectivity index (χ1) is 8.56. The summed E-state index contributed by atoms with van der Waals surface area (Å²) in [5.41, 5.74) is 0.263. The van der Waals surface area contributed by atoms with E-state index in [1.165, 1.54) is 18.2 Å². The lowest BCUT2D eigenvalue weighted by molar-refractivity contribution is -0.131. The number of amides is 1. The van der Waals surface area contributed by atoms with Crippen molar-refractivity contribution in [1.29, 1.82) is 0 Å². The predicted octanol–water partition coefficient (Wildman–Crippen LogP) is 2.33. The summed E-state index contributed by atoms with van der Waals surface area (Å²) in [6, 6.07) is 3.79. The second kappa shape index (κ2) is 5.38. The second-order valence-corrected chi connectivity index (χ2v) is 5.02. The SMILES string of the molecule is CC1CCN(C(=O)Cc2cc(O)ccc2F)CC1. The molecule has 98 valence electrons. The van der Waals surface area contributed by atoms with Gasteiger partial charge in [-0.25, -0.2) is 4.39 Å². The summed E-state index contributed by atoms with van der Waals surface area (Å²) in [5, 5.41) is 9.30. The molecule has 18 heavy (non-hydrogen) atoms. The van der Waals surface area contributed by atoms with E-state index in [4.69, 9.17) is 0 Å². The molecule has 1 amide bonds. The molecule has 0 aromatic heterocycles. The van der Waals surface area contributed by atoms with Crippen molar-refractivity contribution in [2.75, 3.05) is 13.1 Å². The summed E-state index contributed by atoms with van der Waals surface area (Å²) < 4.78 is 13.5. The highest BCUT2D eigenvalue weighted by Gasteiger charge is 2.21. The maximum absolute atomic E-state index is 13.5. The molecule has 1 saturated heterocycles. The highest BCUT2D eigenvalue weighted by atomic mass is 19.1. The summed E-state index contributed by atoms with van der Waals surface area (Å²) >= 11 is 0. The van der Waals surface area contributed by atoms with Crippen molar-refractivity contribution in [3.05, 3.63) is 29.6 Å². The first-order valence-corrected chi connectivity index (χ1v) is 6.31. The van der Waals surface area contributed by atoms with Crippen LogP contribution in [0.4, 0.5) is 4.39 Å². The molecule has 1 aromatic rings. The quantitative estimate of drug-likeness (QED) is 0.876. The van der Waals surface area contributed by atoms with Crippen LogP contribution in [0.3, 0.4) is 0 Å². The smallest absolute Gasteiger partial charge is 0.227 e. The second-order valence-electron chi connectivity index (χ2n) is 5.02. The van der Waals surface area contributed by atoms with E-state index in [1.807, 2.05) is 0 Å². The van der Waals surface area contributed by atoms with Crippen molar-refractivity contribution < 1.29 is 14.3 Å². The molecule has 0 saturated carbocycles. The van der Waals surface area contributed by atoms with E-state index in [-0.39, 0.29) is 23.6 Å². The van der Waals surface area contributed by atoms with Gasteiger partial charge in [0.1, 0.15) is 11.6 Å². The van der Waals surface area contributed by atoms with Crippen LogP contribution in [0.25, 0.3) is 0 Å². The zero-order valence-electron chi connectivity index (χ0n) is 10.5. The molecule has 0 atom stereocenters. The fourth-order valence-electron chi connectivity index (χ4n) is 2.23. The Kier molecular flexibility index (Phi) is 3.84. The molecular formula is C14H18FNO2. The van der Waals surface area contributed by atoms with Gasteiger partial charge in [-0.1, -0.05) is 6.92 Å². The van der Waals surface area contributed by atoms with Gasteiger partial charge in [0.25, 0.3) is 0 Å². The molecule has 0 bridgehead atoms. The minimum atomic E-state index is -0.438. The van der Waals surface area contributed by atoms with Gasteiger partial charge in [0, 0.05) is 18.7 Å². The summed E-state index contributed by atoms with van der Waals surface area (Å²) in [4.78, 5) is 13.8. The molecule has 2 rings (SSSR count). The highest BCUT2D eigenvalue weighted by molar-refractivity contribution is 5.79. The number of likely N-dealkylation sites (tertiary alicyclic amines) is 1. The molecule has 4 heteroatoms. The van der Waals surface area contributed by atoms with Gasteiger partial charge in [-0.05, 0) is 37.0 Å². The summed E-state index contributed by atoms with van der Waals surface area (Å²) in [7, 11) is 0. The van der Waals surface area contributed by atoms with Gasteiger partial charge in [0.2, 0.25) is 5.91 Å². The fraction of sp³-hybridized carbons (Fsp3) is 0.500. The Morgan fingerprint density at radius 2 is 2.11 bits per heavy atom. The number of carbonyl (C=O) groups is 1. The van der Waals surface area contributed by atoms with Crippen LogP contribution < -0.4 is 0 Å². The largest absolute Gasteiger partial charge is 0.508 e.